The zero-order valence-electron chi connectivity index (χ0n) is 9.71. The van der Waals surface area contributed by atoms with Crippen molar-refractivity contribution in [2.24, 2.45) is 11.8 Å². The quantitative estimate of drug-likeness (QED) is 0.733. The van der Waals surface area contributed by atoms with Crippen LogP contribution in [-0.2, 0) is 0 Å². The van der Waals surface area contributed by atoms with Crippen molar-refractivity contribution in [2.45, 2.75) is 39.0 Å². The Hall–Kier alpha value is -0.0800. The summed E-state index contributed by atoms with van der Waals surface area (Å²) in [5.74, 6) is 1.48. The third-order valence-corrected chi connectivity index (χ3v) is 3.40. The summed E-state index contributed by atoms with van der Waals surface area (Å²) in [5, 5.41) is 9.03. The second-order valence-corrected chi connectivity index (χ2v) is 4.83. The van der Waals surface area contributed by atoms with E-state index in [2.05, 4.69) is 18.9 Å². The summed E-state index contributed by atoms with van der Waals surface area (Å²) < 4.78 is 0. The van der Waals surface area contributed by atoms with E-state index in [4.69, 9.17) is 5.11 Å². The van der Waals surface area contributed by atoms with E-state index in [0.29, 0.717) is 12.5 Å². The van der Waals surface area contributed by atoms with E-state index in [1.54, 1.807) is 0 Å². The molecule has 14 heavy (non-hydrogen) atoms. The fourth-order valence-corrected chi connectivity index (χ4v) is 2.51. The lowest BCUT2D eigenvalue weighted by atomic mass is 9.82. The molecule has 2 heteroatoms. The second-order valence-electron chi connectivity index (χ2n) is 4.83. The first-order chi connectivity index (χ1) is 6.76. The second kappa shape index (κ2) is 6.41. The predicted molar refractivity (Wildman–Crippen MR) is 60.3 cm³/mol. The first kappa shape index (κ1) is 12.0. The van der Waals surface area contributed by atoms with Crippen LogP contribution in [-0.4, -0.2) is 36.8 Å². The minimum Gasteiger partial charge on any atom is -0.396 e. The van der Waals surface area contributed by atoms with Gasteiger partial charge in [0.2, 0.25) is 0 Å². The van der Waals surface area contributed by atoms with E-state index in [-0.39, 0.29) is 0 Å². The van der Waals surface area contributed by atoms with Gasteiger partial charge >= 0.3 is 0 Å². The molecule has 1 N–H and O–H groups in total. The van der Waals surface area contributed by atoms with Crippen LogP contribution in [0.5, 0.6) is 0 Å². The maximum Gasteiger partial charge on any atom is 0.0459 e. The molecule has 2 nitrogen and oxygen atoms in total. The Morgan fingerprint density at radius 1 is 1.14 bits per heavy atom. The van der Waals surface area contributed by atoms with Gasteiger partial charge in [0.15, 0.2) is 0 Å². The molecule has 0 bridgehead atoms. The molecule has 84 valence electrons. The van der Waals surface area contributed by atoms with Gasteiger partial charge in [0.1, 0.15) is 0 Å². The third-order valence-electron chi connectivity index (χ3n) is 3.40. The van der Waals surface area contributed by atoms with Gasteiger partial charge in [-0.3, -0.25) is 0 Å². The maximum absolute atomic E-state index is 9.03. The fourth-order valence-electron chi connectivity index (χ4n) is 2.51. The van der Waals surface area contributed by atoms with Crippen molar-refractivity contribution >= 4 is 0 Å². The fraction of sp³-hybridized carbons (Fsp3) is 1.00. The first-order valence-electron chi connectivity index (χ1n) is 6.05. The van der Waals surface area contributed by atoms with E-state index in [9.17, 15) is 0 Å². The summed E-state index contributed by atoms with van der Waals surface area (Å²) in [6, 6.07) is 0. The van der Waals surface area contributed by atoms with E-state index in [1.165, 1.54) is 45.2 Å². The molecule has 0 atom stereocenters. The number of nitrogens with zero attached hydrogens (tertiary/aromatic N) is 1. The molecular formula is C12H25NO. The van der Waals surface area contributed by atoms with Gasteiger partial charge in [-0.2, -0.15) is 0 Å². The van der Waals surface area contributed by atoms with E-state index >= 15 is 0 Å². The van der Waals surface area contributed by atoms with Crippen LogP contribution in [0, 0.1) is 11.8 Å². The van der Waals surface area contributed by atoms with Crippen molar-refractivity contribution in [3.05, 3.63) is 0 Å². The molecule has 0 unspecified atom stereocenters. The highest BCUT2D eigenvalue weighted by atomic mass is 16.3. The van der Waals surface area contributed by atoms with Crippen LogP contribution in [0.1, 0.15) is 39.0 Å². The lowest BCUT2D eigenvalue weighted by Crippen LogP contribution is -2.29. The lowest BCUT2D eigenvalue weighted by Gasteiger charge is -2.30. The lowest BCUT2D eigenvalue weighted by molar-refractivity contribution is 0.149. The van der Waals surface area contributed by atoms with E-state index < -0.39 is 0 Å². The zero-order chi connectivity index (χ0) is 10.4. The minimum atomic E-state index is 0.400. The van der Waals surface area contributed by atoms with Gasteiger partial charge in [-0.15, -0.1) is 0 Å². The Morgan fingerprint density at radius 2 is 1.71 bits per heavy atom. The van der Waals surface area contributed by atoms with E-state index in [0.717, 1.165) is 5.92 Å². The summed E-state index contributed by atoms with van der Waals surface area (Å²) in [6.45, 7) is 5.11. The van der Waals surface area contributed by atoms with Crippen molar-refractivity contribution in [3.8, 4) is 0 Å². The predicted octanol–water partition coefficient (Wildman–Crippen LogP) is 2.13. The standard InChI is InChI=1S/C12H25NO/c1-3-8-13(2)9-11-4-6-12(10-14)7-5-11/h11-12,14H,3-10H2,1-2H3. The molecule has 0 spiro atoms. The van der Waals surface area contributed by atoms with Gasteiger partial charge in [-0.25, -0.2) is 0 Å². The van der Waals surface area contributed by atoms with Crippen LogP contribution in [0.3, 0.4) is 0 Å². The first-order valence-corrected chi connectivity index (χ1v) is 6.05. The molecular weight excluding hydrogens is 174 g/mol. The third kappa shape index (κ3) is 3.97. The highest BCUT2D eigenvalue weighted by Crippen LogP contribution is 2.28. The van der Waals surface area contributed by atoms with Crippen LogP contribution < -0.4 is 0 Å². The Morgan fingerprint density at radius 3 is 2.21 bits per heavy atom. The molecule has 0 saturated heterocycles. The monoisotopic (exact) mass is 199 g/mol. The van der Waals surface area contributed by atoms with Gasteiger partial charge in [0.05, 0.1) is 0 Å². The maximum atomic E-state index is 9.03. The van der Waals surface area contributed by atoms with Gasteiger partial charge < -0.3 is 10.0 Å². The molecule has 0 aromatic carbocycles. The largest absolute Gasteiger partial charge is 0.396 e. The van der Waals surface area contributed by atoms with Gasteiger partial charge in [-0.05, 0) is 57.5 Å². The van der Waals surface area contributed by atoms with Crippen LogP contribution in [0.15, 0.2) is 0 Å². The van der Waals surface area contributed by atoms with Crippen molar-refractivity contribution in [3.63, 3.8) is 0 Å². The Bertz CT molecular complexity index is 141. The van der Waals surface area contributed by atoms with Crippen LogP contribution in [0.25, 0.3) is 0 Å². The molecule has 1 saturated carbocycles. The Balaban J connectivity index is 2.15. The summed E-state index contributed by atoms with van der Waals surface area (Å²) in [7, 11) is 2.22. The molecule has 1 rings (SSSR count). The van der Waals surface area contributed by atoms with Crippen molar-refractivity contribution in [1.29, 1.82) is 0 Å². The van der Waals surface area contributed by atoms with Gasteiger partial charge in [0.25, 0.3) is 0 Å². The molecule has 0 heterocycles. The Kier molecular flexibility index (Phi) is 5.49. The molecule has 1 aliphatic carbocycles. The summed E-state index contributed by atoms with van der Waals surface area (Å²) >= 11 is 0. The van der Waals surface area contributed by atoms with Crippen LogP contribution >= 0.6 is 0 Å². The summed E-state index contributed by atoms with van der Waals surface area (Å²) in [5.41, 5.74) is 0. The van der Waals surface area contributed by atoms with Gasteiger partial charge in [0, 0.05) is 13.2 Å². The summed E-state index contributed by atoms with van der Waals surface area (Å²) in [6.07, 6.45) is 6.36. The number of hydrogen-bond donors (Lipinski definition) is 1. The highest BCUT2D eigenvalue weighted by Gasteiger charge is 2.21. The number of aliphatic hydroxyl groups excluding tert-OH is 1. The molecule has 0 aromatic rings. The smallest absolute Gasteiger partial charge is 0.0459 e. The van der Waals surface area contributed by atoms with Crippen molar-refractivity contribution in [2.75, 3.05) is 26.7 Å². The Labute approximate surface area is 88.3 Å². The average molecular weight is 199 g/mol. The van der Waals surface area contributed by atoms with E-state index in [1.807, 2.05) is 0 Å². The SMILES string of the molecule is CCCN(C)CC1CCC(CO)CC1. The summed E-state index contributed by atoms with van der Waals surface area (Å²) in [4.78, 5) is 2.45. The number of hydrogen-bond acceptors (Lipinski definition) is 2. The van der Waals surface area contributed by atoms with Crippen LogP contribution in [0.4, 0.5) is 0 Å². The molecule has 1 aliphatic rings. The topological polar surface area (TPSA) is 23.5 Å². The molecule has 0 radical (unpaired) electrons. The van der Waals surface area contributed by atoms with Gasteiger partial charge in [-0.1, -0.05) is 6.92 Å². The molecule has 1 fully saturated rings. The number of rotatable bonds is 5. The zero-order valence-corrected chi connectivity index (χ0v) is 9.71. The normalized spacial score (nSPS) is 28.3. The molecule has 0 amide bonds. The van der Waals surface area contributed by atoms with Crippen LogP contribution in [0.2, 0.25) is 0 Å². The highest BCUT2D eigenvalue weighted by molar-refractivity contribution is 4.73. The van der Waals surface area contributed by atoms with Crippen molar-refractivity contribution < 1.29 is 5.11 Å². The molecule has 0 aromatic heterocycles. The average Bonchev–Trinajstić information content (AvgIpc) is 2.19. The minimum absolute atomic E-state index is 0.400. The van der Waals surface area contributed by atoms with Crippen molar-refractivity contribution in [1.82, 2.24) is 4.90 Å². The molecule has 0 aliphatic heterocycles. The number of aliphatic hydroxyl groups is 1.